The van der Waals surface area contributed by atoms with Crippen LogP contribution in [0.3, 0.4) is 0 Å². The van der Waals surface area contributed by atoms with E-state index in [1.807, 2.05) is 41.1 Å². The van der Waals surface area contributed by atoms with Crippen molar-refractivity contribution < 1.29 is 9.59 Å². The largest absolute Gasteiger partial charge is 0.355 e. The summed E-state index contributed by atoms with van der Waals surface area (Å²) in [6, 6.07) is 9.30. The number of piperidine rings is 1. The molecule has 1 aliphatic rings. The van der Waals surface area contributed by atoms with E-state index in [4.69, 9.17) is 11.6 Å². The predicted molar refractivity (Wildman–Crippen MR) is 91.5 cm³/mol. The fourth-order valence-electron chi connectivity index (χ4n) is 2.67. The quantitative estimate of drug-likeness (QED) is 0.891. The van der Waals surface area contributed by atoms with Gasteiger partial charge in [0.2, 0.25) is 11.8 Å². The summed E-state index contributed by atoms with van der Waals surface area (Å²) in [5.41, 5.74) is 2.03. The van der Waals surface area contributed by atoms with Crippen molar-refractivity contribution in [2.75, 3.05) is 6.54 Å². The molecule has 2 aromatic rings. The average Bonchev–Trinajstić information content (AvgIpc) is 3.08. The number of carbonyl (C=O) groups excluding carboxylic acids is 2. The molecule has 1 aliphatic heterocycles. The lowest BCUT2D eigenvalue weighted by molar-refractivity contribution is -0.129. The van der Waals surface area contributed by atoms with E-state index in [0.717, 1.165) is 11.1 Å². The van der Waals surface area contributed by atoms with Gasteiger partial charge in [-0.2, -0.15) is 11.3 Å². The van der Waals surface area contributed by atoms with Gasteiger partial charge in [-0.3, -0.25) is 9.59 Å². The monoisotopic (exact) mass is 348 g/mol. The molecule has 2 atom stereocenters. The first-order valence-electron chi connectivity index (χ1n) is 7.48. The first-order chi connectivity index (χ1) is 11.1. The Hall–Kier alpha value is -1.85. The Morgan fingerprint density at radius 2 is 2.04 bits per heavy atom. The van der Waals surface area contributed by atoms with Crippen LogP contribution in [0.5, 0.6) is 0 Å². The Morgan fingerprint density at radius 3 is 2.65 bits per heavy atom. The number of nitrogens with one attached hydrogen (secondary N) is 2. The summed E-state index contributed by atoms with van der Waals surface area (Å²) >= 11 is 7.55. The second-order valence-corrected chi connectivity index (χ2v) is 6.81. The number of carbonyl (C=O) groups is 2. The van der Waals surface area contributed by atoms with Gasteiger partial charge in [-0.05, 0) is 46.5 Å². The van der Waals surface area contributed by atoms with E-state index in [9.17, 15) is 9.59 Å². The molecule has 1 saturated heterocycles. The van der Waals surface area contributed by atoms with E-state index < -0.39 is 0 Å². The molecule has 0 spiro atoms. The number of halogens is 1. The van der Waals surface area contributed by atoms with Crippen molar-refractivity contribution in [2.24, 2.45) is 5.92 Å². The van der Waals surface area contributed by atoms with E-state index in [-0.39, 0.29) is 23.8 Å². The topological polar surface area (TPSA) is 58.2 Å². The van der Waals surface area contributed by atoms with E-state index in [1.165, 1.54) is 0 Å². The van der Waals surface area contributed by atoms with Crippen LogP contribution in [0.15, 0.2) is 41.1 Å². The van der Waals surface area contributed by atoms with Crippen molar-refractivity contribution in [3.05, 3.63) is 57.2 Å². The van der Waals surface area contributed by atoms with Gasteiger partial charge < -0.3 is 10.6 Å². The third-order valence-electron chi connectivity index (χ3n) is 4.00. The number of amides is 2. The summed E-state index contributed by atoms with van der Waals surface area (Å²) in [4.78, 5) is 23.8. The van der Waals surface area contributed by atoms with Crippen LogP contribution in [0.1, 0.15) is 30.0 Å². The van der Waals surface area contributed by atoms with Gasteiger partial charge in [-0.15, -0.1) is 0 Å². The van der Waals surface area contributed by atoms with Crippen LogP contribution in [0.4, 0.5) is 0 Å². The van der Waals surface area contributed by atoms with Gasteiger partial charge in [0.25, 0.3) is 0 Å². The molecule has 0 radical (unpaired) electrons. The van der Waals surface area contributed by atoms with E-state index in [2.05, 4.69) is 10.6 Å². The van der Waals surface area contributed by atoms with Crippen LogP contribution in [0.25, 0.3) is 0 Å². The summed E-state index contributed by atoms with van der Waals surface area (Å²) in [6.07, 6.45) is 0.997. The Balaban J connectivity index is 1.78. The normalized spacial score (nSPS) is 19.0. The smallest absolute Gasteiger partial charge is 0.225 e. The molecule has 1 aromatic carbocycles. The molecule has 23 heavy (non-hydrogen) atoms. The van der Waals surface area contributed by atoms with Crippen LogP contribution in [-0.2, 0) is 9.59 Å². The van der Waals surface area contributed by atoms with Crippen molar-refractivity contribution in [3.63, 3.8) is 0 Å². The number of hydrogen-bond acceptors (Lipinski definition) is 3. The van der Waals surface area contributed by atoms with Crippen LogP contribution in [-0.4, -0.2) is 18.4 Å². The lowest BCUT2D eigenvalue weighted by Crippen LogP contribution is -2.44. The average molecular weight is 349 g/mol. The molecule has 0 saturated carbocycles. The minimum Gasteiger partial charge on any atom is -0.355 e. The number of hydrogen-bond donors (Lipinski definition) is 2. The van der Waals surface area contributed by atoms with Crippen molar-refractivity contribution in [1.82, 2.24) is 10.6 Å². The van der Waals surface area contributed by atoms with Crippen LogP contribution < -0.4 is 10.6 Å². The van der Waals surface area contributed by atoms with E-state index in [0.29, 0.717) is 24.4 Å². The molecule has 3 rings (SSSR count). The molecule has 0 aliphatic carbocycles. The van der Waals surface area contributed by atoms with Crippen molar-refractivity contribution in [2.45, 2.75) is 18.9 Å². The molecule has 4 nitrogen and oxygen atoms in total. The fourth-order valence-corrected chi connectivity index (χ4v) is 3.48. The molecule has 0 unspecified atom stereocenters. The third kappa shape index (κ3) is 3.92. The SMILES string of the molecule is O=C1CC[C@@H](C(=O)N[C@H](c2ccc(Cl)cc2)c2ccsc2)CN1. The molecule has 6 heteroatoms. The Morgan fingerprint density at radius 1 is 1.26 bits per heavy atom. The highest BCUT2D eigenvalue weighted by atomic mass is 35.5. The summed E-state index contributed by atoms with van der Waals surface area (Å²) in [5.74, 6) is -0.196. The van der Waals surface area contributed by atoms with Gasteiger partial charge >= 0.3 is 0 Å². The zero-order valence-corrected chi connectivity index (χ0v) is 14.0. The lowest BCUT2D eigenvalue weighted by Gasteiger charge is -2.25. The van der Waals surface area contributed by atoms with Crippen molar-refractivity contribution in [1.29, 1.82) is 0 Å². The molecule has 1 aromatic heterocycles. The van der Waals surface area contributed by atoms with Gasteiger partial charge in [-0.25, -0.2) is 0 Å². The number of benzene rings is 1. The standard InChI is InChI=1S/C17H17ClN2O2S/c18-14-4-1-11(2-5-14)16(13-7-8-23-10-13)20-17(22)12-3-6-15(21)19-9-12/h1-2,4-5,7-8,10,12,16H,3,6,9H2,(H,19,21)(H,20,22)/t12-,16-/m1/s1. The molecular weight excluding hydrogens is 332 g/mol. The van der Waals surface area contributed by atoms with Gasteiger partial charge in [0.15, 0.2) is 0 Å². The highest BCUT2D eigenvalue weighted by Crippen LogP contribution is 2.26. The van der Waals surface area contributed by atoms with E-state index >= 15 is 0 Å². The molecule has 1 fully saturated rings. The molecule has 0 bridgehead atoms. The molecule has 2 N–H and O–H groups in total. The zero-order chi connectivity index (χ0) is 16.2. The molecule has 2 heterocycles. The fraction of sp³-hybridized carbons (Fsp3) is 0.294. The zero-order valence-electron chi connectivity index (χ0n) is 12.4. The van der Waals surface area contributed by atoms with Gasteiger partial charge in [0.1, 0.15) is 0 Å². The first-order valence-corrected chi connectivity index (χ1v) is 8.80. The molecule has 2 amide bonds. The number of thiophene rings is 1. The maximum absolute atomic E-state index is 12.6. The van der Waals surface area contributed by atoms with Gasteiger partial charge in [-0.1, -0.05) is 23.7 Å². The summed E-state index contributed by atoms with van der Waals surface area (Å²) < 4.78 is 0. The minimum absolute atomic E-state index is 0.0149. The maximum Gasteiger partial charge on any atom is 0.225 e. The van der Waals surface area contributed by atoms with Crippen molar-refractivity contribution in [3.8, 4) is 0 Å². The first kappa shape index (κ1) is 16.0. The second-order valence-electron chi connectivity index (χ2n) is 5.59. The second kappa shape index (κ2) is 7.15. The minimum atomic E-state index is -0.205. The Kier molecular flexibility index (Phi) is 4.98. The Labute approximate surface area is 143 Å². The van der Waals surface area contributed by atoms with Crippen LogP contribution in [0.2, 0.25) is 5.02 Å². The summed E-state index contributed by atoms with van der Waals surface area (Å²) in [5, 5.41) is 10.6. The van der Waals surface area contributed by atoms with Crippen LogP contribution >= 0.6 is 22.9 Å². The van der Waals surface area contributed by atoms with Crippen molar-refractivity contribution >= 4 is 34.8 Å². The molecule has 120 valence electrons. The maximum atomic E-state index is 12.6. The molecular formula is C17H17ClN2O2S. The van der Waals surface area contributed by atoms with E-state index in [1.54, 1.807) is 11.3 Å². The van der Waals surface area contributed by atoms with Crippen LogP contribution in [0, 0.1) is 5.92 Å². The Bertz CT molecular complexity index is 675. The number of rotatable bonds is 4. The van der Waals surface area contributed by atoms with Gasteiger partial charge in [0.05, 0.1) is 12.0 Å². The predicted octanol–water partition coefficient (Wildman–Crippen LogP) is 3.13. The lowest BCUT2D eigenvalue weighted by atomic mass is 9.96. The van der Waals surface area contributed by atoms with Gasteiger partial charge in [0, 0.05) is 18.0 Å². The highest BCUT2D eigenvalue weighted by Gasteiger charge is 2.27. The third-order valence-corrected chi connectivity index (χ3v) is 4.96. The summed E-state index contributed by atoms with van der Waals surface area (Å²) in [6.45, 7) is 0.404. The summed E-state index contributed by atoms with van der Waals surface area (Å²) in [7, 11) is 0. The highest BCUT2D eigenvalue weighted by molar-refractivity contribution is 7.08.